The molecule has 1 saturated carbocycles. The van der Waals surface area contributed by atoms with Crippen LogP contribution in [0.1, 0.15) is 44.0 Å². The van der Waals surface area contributed by atoms with Gasteiger partial charge < -0.3 is 5.32 Å². The summed E-state index contributed by atoms with van der Waals surface area (Å²) >= 11 is 1.75. The van der Waals surface area contributed by atoms with Crippen molar-refractivity contribution in [2.45, 2.75) is 45.4 Å². The van der Waals surface area contributed by atoms with Crippen molar-refractivity contribution >= 4 is 17.7 Å². The summed E-state index contributed by atoms with van der Waals surface area (Å²) in [6, 6.07) is 20.3. The molecule has 37 heavy (non-hydrogen) atoms. The number of hydrogen-bond donors (Lipinski definition) is 1. The Labute approximate surface area is 227 Å². The molecule has 2 aromatic carbocycles. The SMILES string of the molecule is C=CC1CC1(C)C=C.CSC.O=C(CCCCc1nncn1-c1ccccc1)NCCc1ccccc1. The monoisotopic (exact) mass is 518 g/mol. The molecule has 1 amide bonds. The Morgan fingerprint density at radius 3 is 2.30 bits per heavy atom. The van der Waals surface area contributed by atoms with Crippen LogP contribution < -0.4 is 5.32 Å². The van der Waals surface area contributed by atoms with Crippen LogP contribution >= 0.6 is 11.8 Å². The number of carbonyl (C=O) groups is 1. The number of nitrogens with one attached hydrogen (secondary N) is 1. The highest BCUT2D eigenvalue weighted by Gasteiger charge is 2.44. The average molecular weight is 519 g/mol. The van der Waals surface area contributed by atoms with Crippen molar-refractivity contribution in [3.05, 3.63) is 104 Å². The van der Waals surface area contributed by atoms with Crippen molar-refractivity contribution in [1.29, 1.82) is 0 Å². The maximum atomic E-state index is 11.9. The van der Waals surface area contributed by atoms with E-state index >= 15 is 0 Å². The summed E-state index contributed by atoms with van der Waals surface area (Å²) in [4.78, 5) is 11.9. The van der Waals surface area contributed by atoms with E-state index in [4.69, 9.17) is 0 Å². The molecular formula is C31H42N4OS. The summed E-state index contributed by atoms with van der Waals surface area (Å²) in [7, 11) is 0. The van der Waals surface area contributed by atoms with Crippen LogP contribution in [0.2, 0.25) is 0 Å². The van der Waals surface area contributed by atoms with Gasteiger partial charge in [0.05, 0.1) is 0 Å². The number of para-hydroxylation sites is 1. The highest BCUT2D eigenvalue weighted by molar-refractivity contribution is 7.97. The van der Waals surface area contributed by atoms with Gasteiger partial charge in [-0.3, -0.25) is 9.36 Å². The smallest absolute Gasteiger partial charge is 0.220 e. The fourth-order valence-electron chi connectivity index (χ4n) is 3.88. The Morgan fingerprint density at radius 2 is 1.73 bits per heavy atom. The zero-order valence-electron chi connectivity index (χ0n) is 22.6. The van der Waals surface area contributed by atoms with E-state index in [1.807, 2.05) is 77.8 Å². The van der Waals surface area contributed by atoms with E-state index in [1.165, 1.54) is 12.0 Å². The lowest BCUT2D eigenvalue weighted by molar-refractivity contribution is -0.121. The molecule has 1 fully saturated rings. The van der Waals surface area contributed by atoms with Crippen molar-refractivity contribution in [2.24, 2.45) is 11.3 Å². The van der Waals surface area contributed by atoms with Crippen LogP contribution in [0, 0.1) is 11.3 Å². The lowest BCUT2D eigenvalue weighted by atomic mass is 10.1. The summed E-state index contributed by atoms with van der Waals surface area (Å²) in [5.74, 6) is 1.76. The first-order valence-electron chi connectivity index (χ1n) is 12.9. The Kier molecular flexibility index (Phi) is 13.5. The number of allylic oxidation sites excluding steroid dienone is 2. The molecule has 5 nitrogen and oxygen atoms in total. The number of benzene rings is 2. The van der Waals surface area contributed by atoms with Crippen LogP contribution in [0.25, 0.3) is 5.69 Å². The number of aryl methyl sites for hydroxylation is 1. The molecule has 3 aromatic rings. The predicted octanol–water partition coefficient (Wildman–Crippen LogP) is 6.70. The van der Waals surface area contributed by atoms with Gasteiger partial charge in [-0.15, -0.1) is 23.4 Å². The molecule has 0 spiro atoms. The van der Waals surface area contributed by atoms with Crippen molar-refractivity contribution < 1.29 is 4.79 Å². The Balaban J connectivity index is 0.000000365. The van der Waals surface area contributed by atoms with Gasteiger partial charge in [-0.1, -0.05) is 67.6 Å². The van der Waals surface area contributed by atoms with Crippen LogP contribution in [-0.2, 0) is 17.6 Å². The summed E-state index contributed by atoms with van der Waals surface area (Å²) in [6.07, 6.45) is 15.1. The van der Waals surface area contributed by atoms with E-state index in [-0.39, 0.29) is 5.91 Å². The summed E-state index contributed by atoms with van der Waals surface area (Å²) < 4.78 is 2.00. The molecule has 0 saturated heterocycles. The summed E-state index contributed by atoms with van der Waals surface area (Å²) in [5, 5.41) is 11.2. The number of thioether (sulfide) groups is 1. The average Bonchev–Trinajstić information content (AvgIpc) is 3.37. The van der Waals surface area contributed by atoms with E-state index in [0.717, 1.165) is 37.2 Å². The second-order valence-electron chi connectivity index (χ2n) is 9.41. The zero-order valence-corrected chi connectivity index (χ0v) is 23.4. The Bertz CT molecular complexity index is 1070. The molecule has 1 aliphatic rings. The highest BCUT2D eigenvalue weighted by atomic mass is 32.2. The third-order valence-electron chi connectivity index (χ3n) is 6.38. The topological polar surface area (TPSA) is 59.8 Å². The molecule has 0 bridgehead atoms. The Hall–Kier alpha value is -3.12. The summed E-state index contributed by atoms with van der Waals surface area (Å²) in [6.45, 7) is 10.4. The number of aromatic nitrogens is 3. The van der Waals surface area contributed by atoms with E-state index in [1.54, 1.807) is 18.1 Å². The molecule has 2 unspecified atom stereocenters. The molecule has 1 heterocycles. The van der Waals surface area contributed by atoms with Crippen LogP contribution in [0.4, 0.5) is 0 Å². The van der Waals surface area contributed by atoms with Gasteiger partial charge in [0.25, 0.3) is 0 Å². The van der Waals surface area contributed by atoms with Gasteiger partial charge in [0.15, 0.2) is 0 Å². The van der Waals surface area contributed by atoms with Crippen molar-refractivity contribution in [3.63, 3.8) is 0 Å². The second-order valence-corrected chi connectivity index (χ2v) is 10.2. The number of carbonyl (C=O) groups excluding carboxylic acids is 1. The van der Waals surface area contributed by atoms with Crippen LogP contribution in [0.5, 0.6) is 0 Å². The maximum absolute atomic E-state index is 11.9. The summed E-state index contributed by atoms with van der Waals surface area (Å²) in [5.41, 5.74) is 2.71. The van der Waals surface area contributed by atoms with Gasteiger partial charge in [-0.2, -0.15) is 11.8 Å². The minimum Gasteiger partial charge on any atom is -0.356 e. The quantitative estimate of drug-likeness (QED) is 0.227. The second kappa shape index (κ2) is 16.6. The van der Waals surface area contributed by atoms with Crippen molar-refractivity contribution in [2.75, 3.05) is 19.1 Å². The van der Waals surface area contributed by atoms with Gasteiger partial charge in [-0.05, 0) is 67.2 Å². The molecule has 6 heteroatoms. The molecule has 0 aliphatic heterocycles. The highest BCUT2D eigenvalue weighted by Crippen LogP contribution is 2.53. The van der Waals surface area contributed by atoms with Gasteiger partial charge >= 0.3 is 0 Å². The fourth-order valence-corrected chi connectivity index (χ4v) is 3.88. The third kappa shape index (κ3) is 10.8. The van der Waals surface area contributed by atoms with Crippen LogP contribution in [0.3, 0.4) is 0 Å². The van der Waals surface area contributed by atoms with Gasteiger partial charge in [-0.25, -0.2) is 0 Å². The zero-order chi connectivity index (χ0) is 26.9. The molecule has 0 radical (unpaired) electrons. The van der Waals surface area contributed by atoms with Gasteiger partial charge in [0.2, 0.25) is 5.91 Å². The number of unbranched alkanes of at least 4 members (excludes halogenated alkanes) is 1. The fraction of sp³-hybridized carbons (Fsp3) is 0.387. The van der Waals surface area contributed by atoms with Crippen LogP contribution in [-0.4, -0.2) is 39.7 Å². The van der Waals surface area contributed by atoms with E-state index in [9.17, 15) is 4.79 Å². The van der Waals surface area contributed by atoms with E-state index in [0.29, 0.717) is 24.3 Å². The predicted molar refractivity (Wildman–Crippen MR) is 158 cm³/mol. The normalized spacial score (nSPS) is 17.3. The third-order valence-corrected chi connectivity index (χ3v) is 6.38. The molecule has 4 rings (SSSR count). The molecule has 1 aromatic heterocycles. The molecule has 1 aliphatic carbocycles. The van der Waals surface area contributed by atoms with Crippen molar-refractivity contribution in [3.8, 4) is 5.69 Å². The minimum atomic E-state index is 0.116. The van der Waals surface area contributed by atoms with E-state index in [2.05, 4.69) is 47.7 Å². The van der Waals surface area contributed by atoms with Crippen LogP contribution in [0.15, 0.2) is 92.3 Å². The largest absolute Gasteiger partial charge is 0.356 e. The van der Waals surface area contributed by atoms with Crippen molar-refractivity contribution in [1.82, 2.24) is 20.1 Å². The molecular weight excluding hydrogens is 476 g/mol. The number of amides is 1. The number of hydrogen-bond acceptors (Lipinski definition) is 4. The molecule has 198 valence electrons. The molecule has 1 N–H and O–H groups in total. The number of rotatable bonds is 11. The first-order chi connectivity index (χ1) is 18.0. The lowest BCUT2D eigenvalue weighted by Gasteiger charge is -2.07. The lowest BCUT2D eigenvalue weighted by Crippen LogP contribution is -2.25. The van der Waals surface area contributed by atoms with E-state index < -0.39 is 0 Å². The standard InChI is InChI=1S/C21H24N4O.C8H12.C2H6S/c26-21(22-16-15-18-9-3-1-4-10-18)14-8-7-13-20-24-23-17-25(20)19-11-5-2-6-12-19;1-4-7-6-8(7,3)5-2;1-3-2/h1-6,9-12,17H,7-8,13-16H2,(H,22,26);4-5,7H,1-2,6H2,3H3;1-2H3. The van der Waals surface area contributed by atoms with Gasteiger partial charge in [0.1, 0.15) is 12.2 Å². The number of nitrogens with zero attached hydrogens (tertiary/aromatic N) is 3. The maximum Gasteiger partial charge on any atom is 0.220 e. The first-order valence-corrected chi connectivity index (χ1v) is 14.5. The van der Waals surface area contributed by atoms with Gasteiger partial charge in [0, 0.05) is 25.1 Å². The first kappa shape index (κ1) is 30.1. The minimum absolute atomic E-state index is 0.116. The molecule has 2 atom stereocenters. The Morgan fingerprint density at radius 1 is 1.08 bits per heavy atom.